The van der Waals surface area contributed by atoms with Crippen LogP contribution in [-0.4, -0.2) is 19.2 Å². The molecule has 166 valence electrons. The molecular weight excluding hydrogens is 434 g/mol. The average Bonchev–Trinajstić information content (AvgIpc) is 2.82. The number of anilines is 2. The van der Waals surface area contributed by atoms with Crippen molar-refractivity contribution in [1.29, 1.82) is 0 Å². The predicted octanol–water partition coefficient (Wildman–Crippen LogP) is 4.49. The highest BCUT2D eigenvalue weighted by molar-refractivity contribution is 7.92. The molecule has 0 fully saturated rings. The molecule has 4 aromatic rings. The number of sulfonamides is 1. The molecular formula is C26H23N3O3S. The van der Waals surface area contributed by atoms with Crippen LogP contribution in [0.25, 0.3) is 11.1 Å². The zero-order chi connectivity index (χ0) is 23.3. The number of nitrogens with two attached hydrogens (primary N) is 1. The Morgan fingerprint density at radius 1 is 0.788 bits per heavy atom. The van der Waals surface area contributed by atoms with E-state index in [0.29, 0.717) is 17.1 Å². The second-order valence-corrected chi connectivity index (χ2v) is 9.30. The molecule has 0 aliphatic heterocycles. The molecule has 0 radical (unpaired) electrons. The number of hydrogen-bond acceptors (Lipinski definition) is 5. The van der Waals surface area contributed by atoms with Gasteiger partial charge in [-0.25, -0.2) is 13.4 Å². The summed E-state index contributed by atoms with van der Waals surface area (Å²) in [6.07, 6.45) is 2.10. The lowest BCUT2D eigenvalue weighted by Crippen LogP contribution is -2.14. The lowest BCUT2D eigenvalue weighted by molar-refractivity contribution is -0.117. The minimum atomic E-state index is -3.81. The topological polar surface area (TPSA) is 102 Å². The molecule has 1 aromatic heterocycles. The Morgan fingerprint density at radius 2 is 1.42 bits per heavy atom. The monoisotopic (exact) mass is 457 g/mol. The van der Waals surface area contributed by atoms with E-state index in [1.807, 2.05) is 36.4 Å². The van der Waals surface area contributed by atoms with Crippen LogP contribution in [0.2, 0.25) is 0 Å². The number of hydrogen-bond donors (Lipinski definition) is 2. The van der Waals surface area contributed by atoms with Gasteiger partial charge in [-0.15, -0.1) is 0 Å². The number of nitrogen functional groups attached to an aromatic ring is 1. The summed E-state index contributed by atoms with van der Waals surface area (Å²) in [5.41, 5.74) is 9.05. The van der Waals surface area contributed by atoms with Gasteiger partial charge in [-0.05, 0) is 41.0 Å². The normalized spacial score (nSPS) is 11.2. The van der Waals surface area contributed by atoms with E-state index in [1.54, 1.807) is 60.8 Å². The number of Topliss-reactive ketones (excluding diaryl/α,β-unsaturated/α-hetero) is 1. The van der Waals surface area contributed by atoms with Crippen molar-refractivity contribution in [2.45, 2.75) is 17.7 Å². The SMILES string of the molecule is Nc1ccc(CC(=O)Cc2ccc(NS(=O)(=O)c3ccccc3-c3ccccc3)cc2)cn1. The first-order valence-electron chi connectivity index (χ1n) is 10.4. The highest BCUT2D eigenvalue weighted by Gasteiger charge is 2.19. The number of nitrogens with zero attached hydrogens (tertiary/aromatic N) is 1. The first-order valence-corrected chi connectivity index (χ1v) is 11.9. The van der Waals surface area contributed by atoms with Crippen LogP contribution in [0.3, 0.4) is 0 Å². The van der Waals surface area contributed by atoms with E-state index < -0.39 is 10.0 Å². The number of nitrogens with one attached hydrogen (secondary N) is 1. The summed E-state index contributed by atoms with van der Waals surface area (Å²) >= 11 is 0. The van der Waals surface area contributed by atoms with Gasteiger partial charge in [-0.3, -0.25) is 9.52 Å². The molecule has 0 saturated heterocycles. The fourth-order valence-electron chi connectivity index (χ4n) is 3.52. The lowest BCUT2D eigenvalue weighted by Gasteiger charge is -2.13. The first kappa shape index (κ1) is 22.2. The smallest absolute Gasteiger partial charge is 0.262 e. The number of rotatable bonds is 8. The maximum Gasteiger partial charge on any atom is 0.262 e. The maximum atomic E-state index is 13.1. The molecule has 0 aliphatic carbocycles. The van der Waals surface area contributed by atoms with E-state index in [-0.39, 0.29) is 23.5 Å². The van der Waals surface area contributed by atoms with Gasteiger partial charge in [0.25, 0.3) is 10.0 Å². The van der Waals surface area contributed by atoms with Gasteiger partial charge in [0.15, 0.2) is 0 Å². The van der Waals surface area contributed by atoms with Crippen LogP contribution in [0.5, 0.6) is 0 Å². The fraction of sp³-hybridized carbons (Fsp3) is 0.0769. The fourth-order valence-corrected chi connectivity index (χ4v) is 4.81. The van der Waals surface area contributed by atoms with Crippen LogP contribution in [-0.2, 0) is 27.7 Å². The van der Waals surface area contributed by atoms with Crippen molar-refractivity contribution in [3.05, 3.63) is 108 Å². The molecule has 1 heterocycles. The number of pyridine rings is 1. The Balaban J connectivity index is 1.46. The molecule has 3 N–H and O–H groups in total. The van der Waals surface area contributed by atoms with Gasteiger partial charge < -0.3 is 5.73 Å². The van der Waals surface area contributed by atoms with E-state index in [0.717, 1.165) is 16.7 Å². The van der Waals surface area contributed by atoms with Crippen molar-refractivity contribution in [3.63, 3.8) is 0 Å². The zero-order valence-electron chi connectivity index (χ0n) is 17.8. The van der Waals surface area contributed by atoms with Crippen molar-refractivity contribution in [2.24, 2.45) is 0 Å². The molecule has 0 amide bonds. The van der Waals surface area contributed by atoms with Gasteiger partial charge in [-0.2, -0.15) is 0 Å². The standard InChI is InChI=1S/C26H23N3O3S/c27-26-15-12-20(18-28-26)17-23(30)16-19-10-13-22(14-11-19)29-33(31,32)25-9-5-4-8-24(25)21-6-2-1-3-7-21/h1-15,18,29H,16-17H2,(H2,27,28). The van der Waals surface area contributed by atoms with Gasteiger partial charge in [0.1, 0.15) is 11.6 Å². The first-order chi connectivity index (χ1) is 15.9. The Labute approximate surface area is 193 Å². The Kier molecular flexibility index (Phi) is 6.51. The van der Waals surface area contributed by atoms with E-state index in [9.17, 15) is 13.2 Å². The molecule has 33 heavy (non-hydrogen) atoms. The summed E-state index contributed by atoms with van der Waals surface area (Å²) in [4.78, 5) is 16.6. The molecule has 0 spiro atoms. The second-order valence-electron chi connectivity index (χ2n) is 7.65. The van der Waals surface area contributed by atoms with Gasteiger partial charge >= 0.3 is 0 Å². The van der Waals surface area contributed by atoms with Crippen molar-refractivity contribution in [3.8, 4) is 11.1 Å². The van der Waals surface area contributed by atoms with Gasteiger partial charge in [-0.1, -0.05) is 66.7 Å². The Bertz CT molecular complexity index is 1350. The van der Waals surface area contributed by atoms with Crippen molar-refractivity contribution < 1.29 is 13.2 Å². The number of aromatic nitrogens is 1. The molecule has 4 rings (SSSR count). The van der Waals surface area contributed by atoms with E-state index in [2.05, 4.69) is 9.71 Å². The molecule has 0 unspecified atom stereocenters. The third kappa shape index (κ3) is 5.64. The minimum Gasteiger partial charge on any atom is -0.384 e. The number of carbonyl (C=O) groups is 1. The third-order valence-electron chi connectivity index (χ3n) is 5.12. The summed E-state index contributed by atoms with van der Waals surface area (Å²) < 4.78 is 28.8. The average molecular weight is 458 g/mol. The van der Waals surface area contributed by atoms with Crippen LogP contribution in [0.4, 0.5) is 11.5 Å². The summed E-state index contributed by atoms with van der Waals surface area (Å²) in [7, 11) is -3.81. The second kappa shape index (κ2) is 9.67. The van der Waals surface area contributed by atoms with Gasteiger partial charge in [0.2, 0.25) is 0 Å². The predicted molar refractivity (Wildman–Crippen MR) is 130 cm³/mol. The summed E-state index contributed by atoms with van der Waals surface area (Å²) in [5, 5.41) is 0. The van der Waals surface area contributed by atoms with E-state index in [4.69, 9.17) is 5.73 Å². The molecule has 0 saturated carbocycles. The van der Waals surface area contributed by atoms with Crippen molar-refractivity contribution in [1.82, 2.24) is 4.98 Å². The van der Waals surface area contributed by atoms with E-state index >= 15 is 0 Å². The van der Waals surface area contributed by atoms with Crippen LogP contribution < -0.4 is 10.5 Å². The minimum absolute atomic E-state index is 0.0340. The third-order valence-corrected chi connectivity index (χ3v) is 6.56. The van der Waals surface area contributed by atoms with Crippen LogP contribution >= 0.6 is 0 Å². The molecule has 0 aliphatic rings. The Morgan fingerprint density at radius 3 is 2.12 bits per heavy atom. The molecule has 0 bridgehead atoms. The highest BCUT2D eigenvalue weighted by atomic mass is 32.2. The number of benzene rings is 3. The summed E-state index contributed by atoms with van der Waals surface area (Å²) in [5.74, 6) is 0.447. The highest BCUT2D eigenvalue weighted by Crippen LogP contribution is 2.28. The van der Waals surface area contributed by atoms with Crippen molar-refractivity contribution in [2.75, 3.05) is 10.5 Å². The maximum absolute atomic E-state index is 13.1. The van der Waals surface area contributed by atoms with Crippen molar-refractivity contribution >= 4 is 27.3 Å². The van der Waals surface area contributed by atoms with Crippen LogP contribution in [0, 0.1) is 0 Å². The van der Waals surface area contributed by atoms with Crippen LogP contribution in [0.15, 0.2) is 102 Å². The van der Waals surface area contributed by atoms with E-state index in [1.165, 1.54) is 0 Å². The largest absolute Gasteiger partial charge is 0.384 e. The molecule has 6 nitrogen and oxygen atoms in total. The summed E-state index contributed by atoms with van der Waals surface area (Å²) in [6, 6.07) is 26.5. The zero-order valence-corrected chi connectivity index (χ0v) is 18.6. The quantitative estimate of drug-likeness (QED) is 0.406. The van der Waals surface area contributed by atoms with Gasteiger partial charge in [0.05, 0.1) is 4.90 Å². The summed E-state index contributed by atoms with van der Waals surface area (Å²) in [6.45, 7) is 0. The molecule has 7 heteroatoms. The number of carbonyl (C=O) groups excluding carboxylic acids is 1. The number of ketones is 1. The molecule has 0 atom stereocenters. The lowest BCUT2D eigenvalue weighted by atomic mass is 10.0. The molecule has 3 aromatic carbocycles. The van der Waals surface area contributed by atoms with Crippen LogP contribution in [0.1, 0.15) is 11.1 Å². The Hall–Kier alpha value is -3.97. The van der Waals surface area contributed by atoms with Gasteiger partial charge in [0, 0.05) is 30.3 Å².